The van der Waals surface area contributed by atoms with E-state index in [1.165, 1.54) is 0 Å². The predicted molar refractivity (Wildman–Crippen MR) is 68.8 cm³/mol. The maximum Gasteiger partial charge on any atom is 0.410 e. The number of likely N-dealkylation sites (tertiary alicyclic amines) is 1. The maximum absolute atomic E-state index is 12.2. The lowest BCUT2D eigenvalue weighted by Gasteiger charge is -2.45. The number of hydrogen-bond donors (Lipinski definition) is 1. The van der Waals surface area contributed by atoms with Gasteiger partial charge in [0.25, 0.3) is 0 Å². The van der Waals surface area contributed by atoms with Crippen LogP contribution in [0.15, 0.2) is 0 Å². The minimum atomic E-state index is -0.442. The molecule has 100 valence electrons. The normalized spacial score (nSPS) is 24.6. The number of piperidine rings is 1. The van der Waals surface area contributed by atoms with E-state index in [1.54, 1.807) is 0 Å². The average Bonchev–Trinajstić information content (AvgIpc) is 2.14. The molecule has 0 spiro atoms. The zero-order chi connectivity index (χ0) is 13.3. The second kappa shape index (κ2) is 4.84. The fraction of sp³-hybridized carbons (Fsp3) is 0.923. The van der Waals surface area contributed by atoms with Gasteiger partial charge in [-0.05, 0) is 59.9 Å². The number of nitrogens with two attached hydrogens (primary N) is 1. The van der Waals surface area contributed by atoms with Crippen molar-refractivity contribution in [3.63, 3.8) is 0 Å². The van der Waals surface area contributed by atoms with Gasteiger partial charge in [-0.3, -0.25) is 0 Å². The van der Waals surface area contributed by atoms with Crippen molar-refractivity contribution in [2.75, 3.05) is 13.1 Å². The molecule has 0 radical (unpaired) electrons. The summed E-state index contributed by atoms with van der Waals surface area (Å²) in [6.45, 7) is 11.2. The van der Waals surface area contributed by atoms with Crippen LogP contribution in [0.4, 0.5) is 4.79 Å². The number of rotatable bonds is 1. The van der Waals surface area contributed by atoms with E-state index in [9.17, 15) is 4.79 Å². The van der Waals surface area contributed by atoms with Crippen molar-refractivity contribution in [3.8, 4) is 0 Å². The third-order valence-corrected chi connectivity index (χ3v) is 3.28. The lowest BCUT2D eigenvalue weighted by molar-refractivity contribution is -0.0151. The molecule has 2 N–H and O–H groups in total. The lowest BCUT2D eigenvalue weighted by Crippen LogP contribution is -2.55. The summed E-state index contributed by atoms with van der Waals surface area (Å²) in [6, 6.07) is 0. The number of carbonyl (C=O) groups is 1. The van der Waals surface area contributed by atoms with E-state index in [0.29, 0.717) is 19.0 Å². The Balaban J connectivity index is 2.74. The molecule has 1 rings (SSSR count). The van der Waals surface area contributed by atoms with Crippen molar-refractivity contribution in [3.05, 3.63) is 0 Å². The molecule has 1 heterocycles. The summed E-state index contributed by atoms with van der Waals surface area (Å²) in [5.74, 6) is 0.399. The Labute approximate surface area is 104 Å². The van der Waals surface area contributed by atoms with Crippen LogP contribution in [0.1, 0.15) is 47.5 Å². The van der Waals surface area contributed by atoms with Crippen LogP contribution in [-0.2, 0) is 4.74 Å². The molecule has 0 saturated carbocycles. The number of amides is 1. The zero-order valence-corrected chi connectivity index (χ0v) is 11.7. The number of nitrogens with zero attached hydrogens (tertiary/aromatic N) is 1. The van der Waals surface area contributed by atoms with Crippen LogP contribution in [-0.4, -0.2) is 35.2 Å². The average molecular weight is 242 g/mol. The van der Waals surface area contributed by atoms with Gasteiger partial charge in [0, 0.05) is 12.1 Å². The highest BCUT2D eigenvalue weighted by Gasteiger charge is 2.38. The first-order valence-electron chi connectivity index (χ1n) is 6.36. The van der Waals surface area contributed by atoms with E-state index in [1.807, 2.05) is 25.7 Å². The Kier molecular flexibility index (Phi) is 4.07. The highest BCUT2D eigenvalue weighted by atomic mass is 16.6. The summed E-state index contributed by atoms with van der Waals surface area (Å²) in [5, 5.41) is 0. The SMILES string of the molecule is CC(C)(C)OC(=O)N1CC(CN)CCC1(C)C. The fourth-order valence-corrected chi connectivity index (χ4v) is 2.12. The zero-order valence-electron chi connectivity index (χ0n) is 11.7. The van der Waals surface area contributed by atoms with Gasteiger partial charge in [0.05, 0.1) is 0 Å². The van der Waals surface area contributed by atoms with Crippen LogP contribution in [0, 0.1) is 5.92 Å². The molecule has 1 atom stereocenters. The van der Waals surface area contributed by atoms with E-state index in [-0.39, 0.29) is 11.6 Å². The van der Waals surface area contributed by atoms with E-state index in [0.717, 1.165) is 12.8 Å². The van der Waals surface area contributed by atoms with Crippen LogP contribution >= 0.6 is 0 Å². The quantitative estimate of drug-likeness (QED) is 0.768. The highest BCUT2D eigenvalue weighted by molar-refractivity contribution is 5.69. The van der Waals surface area contributed by atoms with Gasteiger partial charge in [0.15, 0.2) is 0 Å². The molecule has 0 aromatic carbocycles. The van der Waals surface area contributed by atoms with Gasteiger partial charge in [-0.25, -0.2) is 4.79 Å². The summed E-state index contributed by atoms with van der Waals surface area (Å²) in [7, 11) is 0. The van der Waals surface area contributed by atoms with Crippen molar-refractivity contribution in [2.45, 2.75) is 58.6 Å². The van der Waals surface area contributed by atoms with Crippen molar-refractivity contribution in [1.82, 2.24) is 4.90 Å². The number of hydrogen-bond acceptors (Lipinski definition) is 3. The minimum Gasteiger partial charge on any atom is -0.444 e. The van der Waals surface area contributed by atoms with Gasteiger partial charge >= 0.3 is 6.09 Å². The second-order valence-electron chi connectivity index (χ2n) is 6.54. The van der Waals surface area contributed by atoms with Crippen molar-refractivity contribution in [2.24, 2.45) is 11.7 Å². The first-order chi connectivity index (χ1) is 7.65. The standard InChI is InChI=1S/C13H26N2O2/c1-12(2,3)17-11(16)15-9-10(8-14)6-7-13(15,4)5/h10H,6-9,14H2,1-5H3. The Bertz CT molecular complexity index is 282. The molecule has 0 aromatic heterocycles. The first kappa shape index (κ1) is 14.3. The molecular weight excluding hydrogens is 216 g/mol. The molecule has 1 aliphatic rings. The Hall–Kier alpha value is -0.770. The molecule has 0 aromatic rings. The number of carbonyl (C=O) groups excluding carboxylic acids is 1. The monoisotopic (exact) mass is 242 g/mol. The van der Waals surface area contributed by atoms with E-state index in [2.05, 4.69) is 13.8 Å². The minimum absolute atomic E-state index is 0.131. The molecule has 4 nitrogen and oxygen atoms in total. The molecular formula is C13H26N2O2. The summed E-state index contributed by atoms with van der Waals surface area (Å²) in [6.07, 6.45) is 1.84. The third-order valence-electron chi connectivity index (χ3n) is 3.28. The van der Waals surface area contributed by atoms with Crippen LogP contribution < -0.4 is 5.73 Å². The first-order valence-corrected chi connectivity index (χ1v) is 6.36. The van der Waals surface area contributed by atoms with Gasteiger partial charge in [0.1, 0.15) is 5.60 Å². The van der Waals surface area contributed by atoms with Gasteiger partial charge in [-0.2, -0.15) is 0 Å². The molecule has 1 amide bonds. The molecule has 4 heteroatoms. The van der Waals surface area contributed by atoms with Crippen LogP contribution in [0.25, 0.3) is 0 Å². The fourth-order valence-electron chi connectivity index (χ4n) is 2.12. The lowest BCUT2D eigenvalue weighted by atomic mass is 9.85. The molecule has 1 unspecified atom stereocenters. The van der Waals surface area contributed by atoms with Gasteiger partial charge < -0.3 is 15.4 Å². The number of ether oxygens (including phenoxy) is 1. The van der Waals surface area contributed by atoms with Crippen molar-refractivity contribution in [1.29, 1.82) is 0 Å². The van der Waals surface area contributed by atoms with Crippen molar-refractivity contribution < 1.29 is 9.53 Å². The maximum atomic E-state index is 12.2. The van der Waals surface area contributed by atoms with E-state index < -0.39 is 5.60 Å². The van der Waals surface area contributed by atoms with Crippen LogP contribution in [0.2, 0.25) is 0 Å². The molecule has 1 saturated heterocycles. The smallest absolute Gasteiger partial charge is 0.410 e. The Morgan fingerprint density at radius 3 is 2.53 bits per heavy atom. The van der Waals surface area contributed by atoms with Gasteiger partial charge in [-0.15, -0.1) is 0 Å². The molecule has 0 bridgehead atoms. The summed E-state index contributed by atoms with van der Waals surface area (Å²) < 4.78 is 5.45. The van der Waals surface area contributed by atoms with Gasteiger partial charge in [-0.1, -0.05) is 0 Å². The van der Waals surface area contributed by atoms with E-state index >= 15 is 0 Å². The molecule has 0 aliphatic carbocycles. The summed E-state index contributed by atoms with van der Waals surface area (Å²) >= 11 is 0. The van der Waals surface area contributed by atoms with Crippen LogP contribution in [0.5, 0.6) is 0 Å². The Morgan fingerprint density at radius 2 is 2.06 bits per heavy atom. The molecule has 1 aliphatic heterocycles. The topological polar surface area (TPSA) is 55.6 Å². The molecule has 1 fully saturated rings. The summed E-state index contributed by atoms with van der Waals surface area (Å²) in [5.41, 5.74) is 5.13. The third kappa shape index (κ3) is 3.87. The molecule has 17 heavy (non-hydrogen) atoms. The second-order valence-corrected chi connectivity index (χ2v) is 6.54. The van der Waals surface area contributed by atoms with Crippen LogP contribution in [0.3, 0.4) is 0 Å². The Morgan fingerprint density at radius 1 is 1.47 bits per heavy atom. The predicted octanol–water partition coefficient (Wildman–Crippen LogP) is 2.37. The van der Waals surface area contributed by atoms with Gasteiger partial charge in [0.2, 0.25) is 0 Å². The van der Waals surface area contributed by atoms with E-state index in [4.69, 9.17) is 10.5 Å². The summed E-state index contributed by atoms with van der Waals surface area (Å²) in [4.78, 5) is 14.0. The highest BCUT2D eigenvalue weighted by Crippen LogP contribution is 2.31. The van der Waals surface area contributed by atoms with Crippen molar-refractivity contribution >= 4 is 6.09 Å². The largest absolute Gasteiger partial charge is 0.444 e.